The smallest absolute Gasteiger partial charge is 0.325 e. The minimum atomic E-state index is -1.02. The first-order valence-corrected chi connectivity index (χ1v) is 13.5. The van der Waals surface area contributed by atoms with Crippen molar-refractivity contribution in [3.8, 4) is 0 Å². The Morgan fingerprint density at radius 3 is 2.36 bits per heavy atom. The predicted molar refractivity (Wildman–Crippen MR) is 130 cm³/mol. The number of hydrogen-bond acceptors (Lipinski definition) is 7. The van der Waals surface area contributed by atoms with Gasteiger partial charge in [-0.15, -0.1) is 11.8 Å². The first kappa shape index (κ1) is 26.4. The van der Waals surface area contributed by atoms with Crippen LogP contribution < -0.4 is 10.6 Å². The third kappa shape index (κ3) is 4.59. The molecule has 4 aliphatic rings. The van der Waals surface area contributed by atoms with E-state index in [-0.39, 0.29) is 30.0 Å². The van der Waals surface area contributed by atoms with Crippen molar-refractivity contribution in [1.29, 1.82) is 0 Å². The highest BCUT2D eigenvalue weighted by Gasteiger charge is 2.66. The molecule has 2 aliphatic heterocycles. The van der Waals surface area contributed by atoms with E-state index >= 15 is 0 Å². The summed E-state index contributed by atoms with van der Waals surface area (Å²) in [4.78, 5) is 78.1. The first-order chi connectivity index (χ1) is 17.0. The van der Waals surface area contributed by atoms with Crippen LogP contribution in [0.5, 0.6) is 0 Å². The topological polar surface area (TPSA) is 153 Å². The van der Waals surface area contributed by atoms with E-state index in [2.05, 4.69) is 10.6 Å². The van der Waals surface area contributed by atoms with Crippen molar-refractivity contribution < 1.29 is 33.9 Å². The van der Waals surface area contributed by atoms with Gasteiger partial charge in [0.1, 0.15) is 12.1 Å². The van der Waals surface area contributed by atoms with Crippen molar-refractivity contribution in [3.63, 3.8) is 0 Å². The third-order valence-electron chi connectivity index (χ3n) is 8.05. The number of imide groups is 1. The Labute approximate surface area is 214 Å². The molecule has 4 rings (SSSR count). The highest BCUT2D eigenvalue weighted by Crippen LogP contribution is 2.57. The Kier molecular flexibility index (Phi) is 7.36. The molecular formula is C24H34N4O7S. The minimum Gasteiger partial charge on any atom is -0.481 e. The van der Waals surface area contributed by atoms with Crippen LogP contribution in [-0.2, 0) is 24.0 Å². The van der Waals surface area contributed by atoms with E-state index in [0.717, 1.165) is 24.2 Å². The van der Waals surface area contributed by atoms with Gasteiger partial charge in [-0.2, -0.15) is 0 Å². The van der Waals surface area contributed by atoms with Gasteiger partial charge in [-0.3, -0.25) is 28.9 Å². The van der Waals surface area contributed by atoms with Crippen LogP contribution in [-0.4, -0.2) is 92.1 Å². The Balaban J connectivity index is 1.47. The molecule has 2 saturated heterocycles. The van der Waals surface area contributed by atoms with Gasteiger partial charge in [-0.1, -0.05) is 19.3 Å². The number of Topliss-reactive ketones (excluding diaryl/α,β-unsaturated/α-hetero) is 1. The lowest BCUT2D eigenvalue weighted by atomic mass is 9.67. The van der Waals surface area contributed by atoms with Gasteiger partial charge in [-0.05, 0) is 39.5 Å². The highest BCUT2D eigenvalue weighted by atomic mass is 32.2. The first-order valence-electron chi connectivity index (χ1n) is 12.6. The number of carbonyl (C=O) groups is 6. The summed E-state index contributed by atoms with van der Waals surface area (Å²) in [5.74, 6) is -5.17. The Bertz CT molecular complexity index is 980. The quantitative estimate of drug-likeness (QED) is 0.429. The molecule has 11 nitrogen and oxygen atoms in total. The molecule has 198 valence electrons. The molecular weight excluding hydrogens is 488 g/mol. The molecule has 0 aromatic carbocycles. The lowest BCUT2D eigenvalue weighted by Gasteiger charge is -2.41. The maximum absolute atomic E-state index is 13.4. The molecule has 0 spiro atoms. The fourth-order valence-electron chi connectivity index (χ4n) is 6.06. The number of fused-ring (bicyclic) bond motifs is 1. The Morgan fingerprint density at radius 1 is 1.08 bits per heavy atom. The second-order valence-electron chi connectivity index (χ2n) is 10.6. The van der Waals surface area contributed by atoms with Crippen LogP contribution in [0.4, 0.5) is 4.79 Å². The molecule has 2 aliphatic carbocycles. The van der Waals surface area contributed by atoms with Crippen LogP contribution in [0.15, 0.2) is 0 Å². The molecule has 5 amide bonds. The molecule has 0 aromatic rings. The van der Waals surface area contributed by atoms with E-state index in [9.17, 15) is 33.9 Å². The van der Waals surface area contributed by atoms with Gasteiger partial charge in [0.05, 0.1) is 5.92 Å². The molecule has 3 N–H and O–H groups in total. The van der Waals surface area contributed by atoms with Crippen molar-refractivity contribution in [2.45, 2.75) is 75.0 Å². The van der Waals surface area contributed by atoms with Crippen molar-refractivity contribution in [2.24, 2.45) is 17.8 Å². The number of rotatable bonds is 6. The maximum Gasteiger partial charge on any atom is 0.325 e. The second-order valence-corrected chi connectivity index (χ2v) is 12.4. The second kappa shape index (κ2) is 10.0. The predicted octanol–water partition coefficient (Wildman–Crippen LogP) is 0.614. The normalized spacial score (nSPS) is 30.9. The van der Waals surface area contributed by atoms with Gasteiger partial charge in [0.2, 0.25) is 5.91 Å². The van der Waals surface area contributed by atoms with Gasteiger partial charge >= 0.3 is 23.8 Å². The zero-order valence-electron chi connectivity index (χ0n) is 20.8. The number of likely N-dealkylation sites (N-methyl/N-ethyl adjacent to an activating group) is 1. The number of thioether (sulfide) groups is 1. The number of carboxylic acids is 1. The van der Waals surface area contributed by atoms with E-state index in [1.807, 2.05) is 0 Å². The number of piperazine rings is 1. The molecule has 0 radical (unpaired) electrons. The zero-order chi connectivity index (χ0) is 26.4. The summed E-state index contributed by atoms with van der Waals surface area (Å²) < 4.78 is -0.652. The Hall–Kier alpha value is -2.63. The SMILES string of the molecule is CCN1CCN(C(=O)NC(C(=O)N[C@@H]2C(=O)C3[C@@H](C(=O)O)C(C)(C)S[C@@H]32)C2CCCCC2)C(=O)C1=O. The van der Waals surface area contributed by atoms with Gasteiger partial charge in [0.15, 0.2) is 5.78 Å². The number of amides is 5. The fraction of sp³-hybridized carbons (Fsp3) is 0.750. The number of hydrogen-bond donors (Lipinski definition) is 3. The summed E-state index contributed by atoms with van der Waals surface area (Å²) in [5.41, 5.74) is 0. The van der Waals surface area contributed by atoms with Crippen molar-refractivity contribution in [2.75, 3.05) is 19.6 Å². The van der Waals surface area contributed by atoms with Crippen molar-refractivity contribution in [3.05, 3.63) is 0 Å². The lowest BCUT2D eigenvalue weighted by molar-refractivity contribution is -0.153. The molecule has 5 atom stereocenters. The van der Waals surface area contributed by atoms with Gasteiger partial charge in [0, 0.05) is 35.5 Å². The largest absolute Gasteiger partial charge is 0.481 e. The number of carboxylic acid groups (broad SMARTS) is 1. The summed E-state index contributed by atoms with van der Waals surface area (Å²) >= 11 is 1.40. The van der Waals surface area contributed by atoms with Crippen molar-refractivity contribution >= 4 is 47.3 Å². The molecule has 0 bridgehead atoms. The Morgan fingerprint density at radius 2 is 1.75 bits per heavy atom. The van der Waals surface area contributed by atoms with Gasteiger partial charge in [0.25, 0.3) is 0 Å². The summed E-state index contributed by atoms with van der Waals surface area (Å²) in [6.45, 7) is 5.97. The monoisotopic (exact) mass is 522 g/mol. The fourth-order valence-corrected chi connectivity index (χ4v) is 7.94. The van der Waals surface area contributed by atoms with Crippen LogP contribution in [0.3, 0.4) is 0 Å². The molecule has 12 heteroatoms. The molecule has 36 heavy (non-hydrogen) atoms. The summed E-state index contributed by atoms with van der Waals surface area (Å²) in [5, 5.41) is 14.8. The number of nitrogens with one attached hydrogen (secondary N) is 2. The molecule has 4 fully saturated rings. The van der Waals surface area contributed by atoms with E-state index in [1.54, 1.807) is 20.8 Å². The van der Waals surface area contributed by atoms with Gasteiger partial charge in [-0.25, -0.2) is 4.79 Å². The minimum absolute atomic E-state index is 0.0381. The molecule has 2 saturated carbocycles. The van der Waals surface area contributed by atoms with Crippen LogP contribution in [0.2, 0.25) is 0 Å². The summed E-state index contributed by atoms with van der Waals surface area (Å²) in [6, 6.07) is -2.59. The summed E-state index contributed by atoms with van der Waals surface area (Å²) in [7, 11) is 0. The average Bonchev–Trinajstić information content (AvgIpc) is 3.10. The number of carbonyl (C=O) groups excluding carboxylic acids is 5. The van der Waals surface area contributed by atoms with Crippen LogP contribution >= 0.6 is 11.8 Å². The van der Waals surface area contributed by atoms with Crippen molar-refractivity contribution in [1.82, 2.24) is 20.4 Å². The van der Waals surface area contributed by atoms with Crippen LogP contribution in [0.1, 0.15) is 52.9 Å². The number of nitrogens with zero attached hydrogens (tertiary/aromatic N) is 2. The van der Waals surface area contributed by atoms with Crippen LogP contribution in [0.25, 0.3) is 0 Å². The number of ketones is 1. The molecule has 0 aromatic heterocycles. The highest BCUT2D eigenvalue weighted by molar-refractivity contribution is 8.01. The lowest BCUT2D eigenvalue weighted by Crippen LogP contribution is -2.67. The number of urea groups is 1. The average molecular weight is 523 g/mol. The third-order valence-corrected chi connectivity index (χ3v) is 9.75. The molecule has 2 heterocycles. The summed E-state index contributed by atoms with van der Waals surface area (Å²) in [6.07, 6.45) is 4.24. The zero-order valence-corrected chi connectivity index (χ0v) is 21.6. The van der Waals surface area contributed by atoms with Gasteiger partial charge < -0.3 is 20.6 Å². The van der Waals surface area contributed by atoms with Crippen LogP contribution in [0, 0.1) is 17.8 Å². The maximum atomic E-state index is 13.4. The molecule has 2 unspecified atom stereocenters. The van der Waals surface area contributed by atoms with E-state index in [4.69, 9.17) is 0 Å². The van der Waals surface area contributed by atoms with E-state index in [1.165, 1.54) is 16.7 Å². The van der Waals surface area contributed by atoms with E-state index in [0.29, 0.717) is 19.4 Å². The van der Waals surface area contributed by atoms with E-state index < -0.39 is 58.4 Å². The standard InChI is InChI=1S/C24H34N4O7S/c1-4-27-10-11-28(21(32)20(27)31)23(35)26-15(12-8-6-5-7-9-12)19(30)25-16-17(29)13-14(22(33)34)24(2,3)36-18(13)16/h12-16,18H,4-11H2,1-3H3,(H,25,30)(H,26,35)(H,33,34)/t13?,14-,15?,16+,18-/m0/s1. The number of aliphatic carboxylic acids is 1.